The first-order valence-corrected chi connectivity index (χ1v) is 20.7. The maximum Gasteiger partial charge on any atom is 0.293 e. The molecular weight excluding hydrogens is 851 g/mol. The number of aryl methyl sites for hydroxylation is 4. The molecule has 0 aliphatic heterocycles. The quantitative estimate of drug-likeness (QED) is 0.0346. The molecule has 4 aromatic heterocycles. The van der Waals surface area contributed by atoms with Crippen LogP contribution in [-0.4, -0.2) is 144 Å². The van der Waals surface area contributed by atoms with Crippen LogP contribution in [0.15, 0.2) is 68.2 Å². The van der Waals surface area contributed by atoms with E-state index in [1.807, 2.05) is 9.80 Å². The molecule has 4 aromatic rings. The summed E-state index contributed by atoms with van der Waals surface area (Å²) in [5.74, 6) is -5.75. The van der Waals surface area contributed by atoms with Gasteiger partial charge in [0.15, 0.2) is 23.0 Å². The van der Waals surface area contributed by atoms with Crippen LogP contribution < -0.4 is 49.2 Å². The van der Waals surface area contributed by atoms with E-state index in [9.17, 15) is 58.8 Å². The molecule has 4 heterocycles. The lowest BCUT2D eigenvalue weighted by Gasteiger charge is -2.31. The van der Waals surface area contributed by atoms with Gasteiger partial charge >= 0.3 is 0 Å². The summed E-state index contributed by atoms with van der Waals surface area (Å²) >= 11 is 0. The highest BCUT2D eigenvalue weighted by atomic mass is 16.3. The van der Waals surface area contributed by atoms with E-state index in [-0.39, 0.29) is 81.2 Å². The Morgan fingerprint density at radius 1 is 0.523 bits per heavy atom. The lowest BCUT2D eigenvalue weighted by molar-refractivity contribution is 0.0900. The molecule has 1 atom stereocenters. The first-order chi connectivity index (χ1) is 30.9. The van der Waals surface area contributed by atoms with Crippen molar-refractivity contribution in [2.24, 2.45) is 33.9 Å². The van der Waals surface area contributed by atoms with E-state index in [1.54, 1.807) is 0 Å². The largest absolute Gasteiger partial charge is 0.502 e. The number of carbonyl (C=O) groups excluding carboxylic acids is 4. The molecule has 1 unspecified atom stereocenters. The predicted octanol–water partition coefficient (Wildman–Crippen LogP) is -2.57. The highest BCUT2D eigenvalue weighted by Crippen LogP contribution is 2.14. The van der Waals surface area contributed by atoms with Crippen LogP contribution in [0.5, 0.6) is 23.0 Å². The SMILES string of the molecule is Cn1ccc(C(=O)NCCN(CCNC(=O)c2ccn(C)c(=O)c2O)CCN(CCNC(=O)c2ccn(C)c(=O)c2O)CC(CCCCN)NC(=O)c2ccn(C)c(=O)c2O)c(O)c1=O. The summed E-state index contributed by atoms with van der Waals surface area (Å²) in [4.78, 5) is 106. The van der Waals surface area contributed by atoms with Gasteiger partial charge in [-0.05, 0) is 43.7 Å². The van der Waals surface area contributed by atoms with Crippen LogP contribution in [0.2, 0.25) is 0 Å². The van der Waals surface area contributed by atoms with Gasteiger partial charge in [0.25, 0.3) is 45.9 Å². The van der Waals surface area contributed by atoms with Gasteiger partial charge in [0.05, 0.1) is 22.3 Å². The maximum absolute atomic E-state index is 13.5. The Morgan fingerprint density at radius 2 is 0.846 bits per heavy atom. The van der Waals surface area contributed by atoms with Crippen LogP contribution in [0.1, 0.15) is 60.7 Å². The molecule has 0 radical (unpaired) electrons. The number of nitrogens with two attached hydrogens (primary N) is 1. The molecule has 0 saturated carbocycles. The van der Waals surface area contributed by atoms with Gasteiger partial charge in [0, 0.05) is 118 Å². The second-order valence-corrected chi connectivity index (χ2v) is 15.3. The Morgan fingerprint density at radius 3 is 1.20 bits per heavy atom. The first-order valence-electron chi connectivity index (χ1n) is 20.7. The summed E-state index contributed by atoms with van der Waals surface area (Å²) in [6, 6.07) is 4.62. The summed E-state index contributed by atoms with van der Waals surface area (Å²) < 4.78 is 4.47. The summed E-state index contributed by atoms with van der Waals surface area (Å²) in [5, 5.41) is 52.5. The number of rotatable bonds is 23. The second kappa shape index (κ2) is 23.4. The van der Waals surface area contributed by atoms with Crippen LogP contribution in [0.25, 0.3) is 0 Å². The van der Waals surface area contributed by atoms with Crippen molar-refractivity contribution in [3.05, 3.63) is 113 Å². The van der Waals surface area contributed by atoms with E-state index in [0.29, 0.717) is 25.8 Å². The molecule has 23 heteroatoms. The molecule has 0 saturated heterocycles. The highest BCUT2D eigenvalue weighted by molar-refractivity contribution is 5.98. The normalized spacial score (nSPS) is 11.7. The third-order valence-electron chi connectivity index (χ3n) is 10.6. The Balaban J connectivity index is 1.58. The Bertz CT molecular complexity index is 2520. The van der Waals surface area contributed by atoms with E-state index >= 15 is 0 Å². The van der Waals surface area contributed by atoms with Gasteiger partial charge in [-0.1, -0.05) is 6.42 Å². The predicted molar refractivity (Wildman–Crippen MR) is 237 cm³/mol. The average Bonchev–Trinajstić information content (AvgIpc) is 3.27. The number of nitrogens with zero attached hydrogens (tertiary/aromatic N) is 6. The smallest absolute Gasteiger partial charge is 0.293 e. The molecule has 0 aliphatic carbocycles. The van der Waals surface area contributed by atoms with Crippen LogP contribution in [0, 0.1) is 0 Å². The van der Waals surface area contributed by atoms with Crippen molar-refractivity contribution < 1.29 is 39.6 Å². The second-order valence-electron chi connectivity index (χ2n) is 15.3. The van der Waals surface area contributed by atoms with E-state index in [4.69, 9.17) is 5.73 Å². The Labute approximate surface area is 372 Å². The molecule has 0 aromatic carbocycles. The lowest BCUT2D eigenvalue weighted by atomic mass is 10.1. The number of nitrogens with one attached hydrogen (secondary N) is 4. The molecule has 10 N–H and O–H groups in total. The minimum atomic E-state index is -0.765. The Kier molecular flexibility index (Phi) is 18.2. The minimum absolute atomic E-state index is 0.00135. The zero-order valence-corrected chi connectivity index (χ0v) is 36.7. The van der Waals surface area contributed by atoms with Crippen LogP contribution in [-0.2, 0) is 28.2 Å². The first kappa shape index (κ1) is 50.4. The minimum Gasteiger partial charge on any atom is -0.502 e. The molecule has 4 rings (SSSR count). The van der Waals surface area contributed by atoms with E-state index in [1.165, 1.54) is 77.2 Å². The molecule has 0 bridgehead atoms. The van der Waals surface area contributed by atoms with E-state index < -0.39 is 74.9 Å². The van der Waals surface area contributed by atoms with Crippen molar-refractivity contribution in [2.45, 2.75) is 25.3 Å². The van der Waals surface area contributed by atoms with Crippen LogP contribution >= 0.6 is 0 Å². The van der Waals surface area contributed by atoms with Gasteiger partial charge in [0.1, 0.15) is 0 Å². The topological polar surface area (TPSA) is 318 Å². The molecule has 0 spiro atoms. The molecule has 23 nitrogen and oxygen atoms in total. The monoisotopic (exact) mass is 907 g/mol. The van der Waals surface area contributed by atoms with Crippen LogP contribution in [0.3, 0.4) is 0 Å². The number of hydrogen-bond acceptors (Lipinski definition) is 15. The Hall–Kier alpha value is -7.24. The van der Waals surface area contributed by atoms with Crippen molar-refractivity contribution in [1.82, 2.24) is 49.3 Å². The van der Waals surface area contributed by atoms with Gasteiger partial charge in [-0.3, -0.25) is 48.2 Å². The van der Waals surface area contributed by atoms with E-state index in [2.05, 4.69) is 21.3 Å². The number of hydrogen-bond donors (Lipinski definition) is 9. The number of amides is 4. The van der Waals surface area contributed by atoms with Gasteiger partial charge in [-0.15, -0.1) is 0 Å². The summed E-state index contributed by atoms with van der Waals surface area (Å²) in [7, 11) is 5.68. The summed E-state index contributed by atoms with van der Waals surface area (Å²) in [6.45, 7) is 1.51. The molecule has 0 aliphatic rings. The summed E-state index contributed by atoms with van der Waals surface area (Å²) in [5.41, 5.74) is 1.80. The fourth-order valence-electron chi connectivity index (χ4n) is 6.69. The standard InChI is InChI=1S/C42H57N11O12/c1-48-16-8-27(31(54)39(48)62)35(58)44-13-20-52(21-14-45-36(59)28-9-17-49(2)40(63)32(28)55)23-24-53(22-15-46-37(60)29-10-18-50(3)41(64)33(29)56)25-26(7-5-6-12-43)47-38(61)30-11-19-51(4)42(65)34(30)57/h8-11,16-19,26,54-57H,5-7,12-15,20-25,43H2,1-4H3,(H,44,58)(H,45,59)(H,46,60)(H,47,61). The van der Waals surface area contributed by atoms with Gasteiger partial charge in [-0.25, -0.2) is 0 Å². The van der Waals surface area contributed by atoms with Crippen molar-refractivity contribution in [3.8, 4) is 23.0 Å². The maximum atomic E-state index is 13.5. The molecule has 4 amide bonds. The number of aromatic nitrogens is 4. The molecular formula is C42H57N11O12. The zero-order valence-electron chi connectivity index (χ0n) is 36.7. The average molecular weight is 908 g/mol. The number of carbonyl (C=O) groups is 4. The van der Waals surface area contributed by atoms with Gasteiger partial charge < -0.3 is 65.7 Å². The molecule has 65 heavy (non-hydrogen) atoms. The van der Waals surface area contributed by atoms with Crippen LogP contribution in [0.4, 0.5) is 0 Å². The van der Waals surface area contributed by atoms with Gasteiger partial charge in [-0.2, -0.15) is 0 Å². The fraction of sp³-hybridized carbons (Fsp3) is 0.429. The van der Waals surface area contributed by atoms with Gasteiger partial charge in [0.2, 0.25) is 0 Å². The third kappa shape index (κ3) is 13.4. The fourth-order valence-corrected chi connectivity index (χ4v) is 6.69. The van der Waals surface area contributed by atoms with Crippen molar-refractivity contribution in [3.63, 3.8) is 0 Å². The number of aromatic hydroxyl groups is 4. The molecule has 352 valence electrons. The third-order valence-corrected chi connectivity index (χ3v) is 10.6. The number of unbranched alkanes of at least 4 members (excludes halogenated alkanes) is 1. The highest BCUT2D eigenvalue weighted by Gasteiger charge is 2.23. The van der Waals surface area contributed by atoms with Crippen molar-refractivity contribution >= 4 is 23.6 Å². The van der Waals surface area contributed by atoms with E-state index in [0.717, 1.165) is 18.3 Å². The lowest BCUT2D eigenvalue weighted by Crippen LogP contribution is -2.49. The van der Waals surface area contributed by atoms with Crippen molar-refractivity contribution in [1.29, 1.82) is 0 Å². The zero-order chi connectivity index (χ0) is 48.0. The summed E-state index contributed by atoms with van der Waals surface area (Å²) in [6.07, 6.45) is 6.99. The van der Waals surface area contributed by atoms with Crippen molar-refractivity contribution in [2.75, 3.05) is 65.4 Å². The number of pyridine rings is 4. The molecule has 0 fully saturated rings.